The molecule has 0 heterocycles. The van der Waals surface area contributed by atoms with E-state index in [4.69, 9.17) is 9.05 Å². The zero-order valence-corrected chi connectivity index (χ0v) is 45.3. The molecule has 0 aromatic rings. The van der Waals surface area contributed by atoms with Gasteiger partial charge in [0, 0.05) is 6.42 Å². The molecule has 0 aliphatic rings. The molecule has 0 radical (unpaired) electrons. The van der Waals surface area contributed by atoms with Crippen molar-refractivity contribution in [1.82, 2.24) is 5.32 Å². The van der Waals surface area contributed by atoms with Gasteiger partial charge < -0.3 is 28.8 Å². The van der Waals surface area contributed by atoms with Gasteiger partial charge in [0.2, 0.25) is 5.91 Å². The zero-order chi connectivity index (χ0) is 48.5. The summed E-state index contributed by atoms with van der Waals surface area (Å²) < 4.78 is 23.3. The van der Waals surface area contributed by atoms with E-state index < -0.39 is 26.6 Å². The first-order chi connectivity index (χ1) is 32.0. The van der Waals surface area contributed by atoms with E-state index in [2.05, 4.69) is 43.5 Å². The van der Waals surface area contributed by atoms with Gasteiger partial charge in [-0.15, -0.1) is 0 Å². The summed E-state index contributed by atoms with van der Waals surface area (Å²) in [4.78, 5) is 25.4. The predicted octanol–water partition coefficient (Wildman–Crippen LogP) is 16.4. The molecule has 1 amide bonds. The highest BCUT2D eigenvalue weighted by Crippen LogP contribution is 2.38. The first-order valence-electron chi connectivity index (χ1n) is 28.4. The van der Waals surface area contributed by atoms with E-state index in [9.17, 15) is 19.4 Å². The van der Waals surface area contributed by atoms with Crippen molar-refractivity contribution in [1.29, 1.82) is 0 Å². The minimum absolute atomic E-state index is 0.00758. The molecule has 0 spiro atoms. The number of unbranched alkanes of at least 4 members (excludes halogenated alkanes) is 35. The predicted molar refractivity (Wildman–Crippen MR) is 284 cm³/mol. The fourth-order valence-electron chi connectivity index (χ4n) is 8.36. The maximum Gasteiger partial charge on any atom is 0.268 e. The third-order valence-electron chi connectivity index (χ3n) is 12.8. The van der Waals surface area contributed by atoms with Crippen molar-refractivity contribution in [3.8, 4) is 0 Å². The van der Waals surface area contributed by atoms with E-state index in [1.165, 1.54) is 205 Å². The van der Waals surface area contributed by atoms with Crippen LogP contribution in [0.4, 0.5) is 0 Å². The van der Waals surface area contributed by atoms with Crippen molar-refractivity contribution < 1.29 is 32.9 Å². The number of quaternary nitrogens is 1. The molecule has 3 atom stereocenters. The van der Waals surface area contributed by atoms with Crippen LogP contribution in [0.5, 0.6) is 0 Å². The molecule has 9 heteroatoms. The maximum atomic E-state index is 12.9. The lowest BCUT2D eigenvalue weighted by Crippen LogP contribution is -2.45. The smallest absolute Gasteiger partial charge is 0.268 e. The fourth-order valence-corrected chi connectivity index (χ4v) is 9.09. The summed E-state index contributed by atoms with van der Waals surface area (Å²) in [5.74, 6) is -0.207. The number of aliphatic hydroxyl groups excluding tert-OH is 1. The lowest BCUT2D eigenvalue weighted by atomic mass is 10.0. The standard InChI is InChI=1S/C57H111N2O6P/c1-6-8-10-12-14-16-18-20-22-23-24-25-26-27-28-29-30-31-32-33-34-35-37-39-41-43-45-47-49-51-57(61)58-55(54-65-66(62,63)64-53-52-59(3,4)5)56(60)50-48-46-44-42-40-38-36-21-19-17-15-13-11-9-7-2/h19,21,40,42,48,50,55-56,60H,6-18,20,22-39,41,43-47,49,51-54H2,1-5H3,(H-,58,61,62,63)/b21-19+,42-40+,50-48+. The highest BCUT2D eigenvalue weighted by molar-refractivity contribution is 7.45. The topological polar surface area (TPSA) is 108 Å². The summed E-state index contributed by atoms with van der Waals surface area (Å²) in [5, 5.41) is 13.8. The quantitative estimate of drug-likeness (QED) is 0.0272. The zero-order valence-electron chi connectivity index (χ0n) is 44.4. The fraction of sp³-hybridized carbons (Fsp3) is 0.877. The number of hydrogen-bond acceptors (Lipinski definition) is 6. The van der Waals surface area contributed by atoms with Crippen LogP contribution in [0.25, 0.3) is 0 Å². The highest BCUT2D eigenvalue weighted by Gasteiger charge is 2.23. The van der Waals surface area contributed by atoms with Gasteiger partial charge in [-0.25, -0.2) is 0 Å². The van der Waals surface area contributed by atoms with Gasteiger partial charge in [0.05, 0.1) is 39.9 Å². The van der Waals surface area contributed by atoms with E-state index >= 15 is 0 Å². The Kier molecular flexibility index (Phi) is 47.8. The molecule has 0 aliphatic heterocycles. The lowest BCUT2D eigenvalue weighted by Gasteiger charge is -2.29. The number of nitrogens with one attached hydrogen (secondary N) is 1. The van der Waals surface area contributed by atoms with Crippen LogP contribution < -0.4 is 10.2 Å². The van der Waals surface area contributed by atoms with E-state index in [0.717, 1.165) is 44.9 Å². The number of likely N-dealkylation sites (N-methyl/N-ethyl adjacent to an activating group) is 1. The number of allylic oxidation sites excluding steroid dienone is 5. The van der Waals surface area contributed by atoms with Crippen LogP contribution >= 0.6 is 7.82 Å². The summed E-state index contributed by atoms with van der Waals surface area (Å²) >= 11 is 0. The van der Waals surface area contributed by atoms with Crippen molar-refractivity contribution in [2.45, 2.75) is 283 Å². The Morgan fingerprint density at radius 1 is 0.515 bits per heavy atom. The average molecular weight is 951 g/mol. The van der Waals surface area contributed by atoms with Gasteiger partial charge in [0.1, 0.15) is 13.2 Å². The Bertz CT molecular complexity index is 1170. The Hall–Kier alpha value is -1.28. The van der Waals surface area contributed by atoms with Crippen LogP contribution in [-0.2, 0) is 18.4 Å². The molecule has 0 aliphatic carbocycles. The first-order valence-corrected chi connectivity index (χ1v) is 29.8. The molecule has 0 saturated heterocycles. The monoisotopic (exact) mass is 951 g/mol. The van der Waals surface area contributed by atoms with Crippen LogP contribution in [-0.4, -0.2) is 68.5 Å². The third kappa shape index (κ3) is 50.6. The van der Waals surface area contributed by atoms with Crippen molar-refractivity contribution in [3.63, 3.8) is 0 Å². The van der Waals surface area contributed by atoms with E-state index in [0.29, 0.717) is 17.4 Å². The van der Waals surface area contributed by atoms with Crippen molar-refractivity contribution >= 4 is 13.7 Å². The van der Waals surface area contributed by atoms with Gasteiger partial charge in [0.25, 0.3) is 7.82 Å². The molecule has 0 saturated carbocycles. The molecule has 0 rings (SSSR count). The van der Waals surface area contributed by atoms with E-state index in [1.807, 2.05) is 27.2 Å². The second-order valence-corrected chi connectivity index (χ2v) is 22.0. The minimum Gasteiger partial charge on any atom is -0.756 e. The summed E-state index contributed by atoms with van der Waals surface area (Å²) in [6.07, 6.45) is 62.3. The molecule has 0 bridgehead atoms. The molecule has 66 heavy (non-hydrogen) atoms. The Morgan fingerprint density at radius 3 is 1.23 bits per heavy atom. The summed E-state index contributed by atoms with van der Waals surface area (Å²) in [5.41, 5.74) is 0. The molecule has 390 valence electrons. The van der Waals surface area contributed by atoms with Crippen LogP contribution in [0, 0.1) is 0 Å². The average Bonchev–Trinajstić information content (AvgIpc) is 3.28. The van der Waals surface area contributed by atoms with Crippen LogP contribution in [0.3, 0.4) is 0 Å². The van der Waals surface area contributed by atoms with Crippen LogP contribution in [0.15, 0.2) is 36.5 Å². The summed E-state index contributed by atoms with van der Waals surface area (Å²) in [6.45, 7) is 4.63. The maximum absolute atomic E-state index is 12.9. The third-order valence-corrected chi connectivity index (χ3v) is 13.8. The first kappa shape index (κ1) is 64.7. The van der Waals surface area contributed by atoms with Crippen molar-refractivity contribution in [3.05, 3.63) is 36.5 Å². The molecule has 2 N–H and O–H groups in total. The van der Waals surface area contributed by atoms with Crippen molar-refractivity contribution in [2.75, 3.05) is 40.9 Å². The number of carbonyl (C=O) groups is 1. The SMILES string of the molecule is CCCCCCC/C=C/CC/C=C/CC/C=C/C(O)C(COP(=O)([O-])OCC[N+](C)(C)C)NC(=O)CCCCCCCCCCCCCCCCCCCCCCCCCCCCCCC. The van der Waals surface area contributed by atoms with Gasteiger partial charge in [-0.2, -0.15) is 0 Å². The number of carbonyl (C=O) groups excluding carboxylic acids is 1. The van der Waals surface area contributed by atoms with Crippen molar-refractivity contribution in [2.24, 2.45) is 0 Å². The number of amides is 1. The van der Waals surface area contributed by atoms with E-state index in [1.54, 1.807) is 6.08 Å². The number of phosphoric acid groups is 1. The molecular formula is C57H111N2O6P. The number of hydrogen-bond donors (Lipinski definition) is 2. The second-order valence-electron chi connectivity index (χ2n) is 20.6. The van der Waals surface area contributed by atoms with Gasteiger partial charge in [-0.3, -0.25) is 9.36 Å². The lowest BCUT2D eigenvalue weighted by molar-refractivity contribution is -0.870. The molecule has 3 unspecified atom stereocenters. The largest absolute Gasteiger partial charge is 0.756 e. The van der Waals surface area contributed by atoms with Gasteiger partial charge in [-0.05, 0) is 44.9 Å². The van der Waals surface area contributed by atoms with Gasteiger partial charge in [0.15, 0.2) is 0 Å². The minimum atomic E-state index is -4.60. The highest BCUT2D eigenvalue weighted by atomic mass is 31.2. The Morgan fingerprint density at radius 2 is 0.848 bits per heavy atom. The molecule has 0 aromatic carbocycles. The summed E-state index contributed by atoms with van der Waals surface area (Å²) in [6, 6.07) is -0.907. The van der Waals surface area contributed by atoms with Crippen LogP contribution in [0.2, 0.25) is 0 Å². The Balaban J connectivity index is 4.11. The number of phosphoric ester groups is 1. The summed E-state index contributed by atoms with van der Waals surface area (Å²) in [7, 11) is 1.24. The second kappa shape index (κ2) is 48.7. The number of aliphatic hydroxyl groups is 1. The number of rotatable bonds is 52. The van der Waals surface area contributed by atoms with E-state index in [-0.39, 0.29) is 12.5 Å². The molecule has 8 nitrogen and oxygen atoms in total. The van der Waals surface area contributed by atoms with Gasteiger partial charge >= 0.3 is 0 Å². The Labute approximate surface area is 410 Å². The number of nitrogens with zero attached hydrogens (tertiary/aromatic N) is 1. The molecular weight excluding hydrogens is 840 g/mol. The molecule has 0 fully saturated rings. The van der Waals surface area contributed by atoms with Gasteiger partial charge in [-0.1, -0.05) is 256 Å². The van der Waals surface area contributed by atoms with Crippen LogP contribution in [0.1, 0.15) is 271 Å². The normalized spacial score (nSPS) is 14.2. The molecule has 0 aromatic heterocycles.